The van der Waals surface area contributed by atoms with Crippen molar-refractivity contribution < 1.29 is 14.3 Å². The Morgan fingerprint density at radius 3 is 2.30 bits per heavy atom. The third-order valence-electron chi connectivity index (χ3n) is 4.76. The van der Waals surface area contributed by atoms with Crippen molar-refractivity contribution in [3.8, 4) is 0 Å². The van der Waals surface area contributed by atoms with Gasteiger partial charge in [0, 0.05) is 13.6 Å². The van der Waals surface area contributed by atoms with Gasteiger partial charge < -0.3 is 10.0 Å². The van der Waals surface area contributed by atoms with Gasteiger partial charge in [-0.3, -0.25) is 9.69 Å². The number of carbonyl (C=O) groups excluding carboxylic acids is 1. The van der Waals surface area contributed by atoms with Gasteiger partial charge in [0.15, 0.2) is 0 Å². The van der Waals surface area contributed by atoms with E-state index in [0.29, 0.717) is 13.0 Å². The normalized spacial score (nSPS) is 18.2. The number of likely N-dealkylation sites (N-methyl/N-ethyl adjacent to an activating group) is 2. The Morgan fingerprint density at radius 2 is 1.78 bits per heavy atom. The zero-order valence-corrected chi connectivity index (χ0v) is 14.3. The standard InChI is InChI=1S/C18H27FN2O2/c1-20(2)16(14-6-8-15(19)9-7-14)17(22)21(3)13-12-18(23)10-4-5-11-18/h6-9,16,23H,4-5,10-13H2,1-3H3. The zero-order chi connectivity index (χ0) is 17.0. The molecule has 1 aromatic rings. The molecule has 0 saturated heterocycles. The number of hydrogen-bond donors (Lipinski definition) is 1. The Labute approximate surface area is 137 Å². The van der Waals surface area contributed by atoms with Gasteiger partial charge in [0.25, 0.3) is 0 Å². The van der Waals surface area contributed by atoms with Crippen molar-refractivity contribution in [3.05, 3.63) is 35.6 Å². The van der Waals surface area contributed by atoms with E-state index in [-0.39, 0.29) is 11.7 Å². The molecule has 1 aliphatic rings. The number of aliphatic hydroxyl groups is 1. The Bertz CT molecular complexity index is 524. The van der Waals surface area contributed by atoms with Gasteiger partial charge in [0.1, 0.15) is 11.9 Å². The first-order chi connectivity index (χ1) is 10.8. The number of carbonyl (C=O) groups is 1. The van der Waals surface area contributed by atoms with Crippen LogP contribution in [0, 0.1) is 5.82 Å². The van der Waals surface area contributed by atoms with Crippen LogP contribution in [-0.4, -0.2) is 54.1 Å². The van der Waals surface area contributed by atoms with E-state index in [1.54, 1.807) is 24.1 Å². The highest BCUT2D eigenvalue weighted by Crippen LogP contribution is 2.32. The largest absolute Gasteiger partial charge is 0.390 e. The minimum absolute atomic E-state index is 0.0387. The van der Waals surface area contributed by atoms with E-state index in [4.69, 9.17) is 0 Å². The monoisotopic (exact) mass is 322 g/mol. The average molecular weight is 322 g/mol. The van der Waals surface area contributed by atoms with Crippen molar-refractivity contribution in [3.63, 3.8) is 0 Å². The predicted molar refractivity (Wildman–Crippen MR) is 88.5 cm³/mol. The molecule has 1 fully saturated rings. The molecule has 128 valence electrons. The van der Waals surface area contributed by atoms with Crippen LogP contribution in [0.5, 0.6) is 0 Å². The van der Waals surface area contributed by atoms with Crippen LogP contribution in [0.1, 0.15) is 43.7 Å². The van der Waals surface area contributed by atoms with Gasteiger partial charge in [-0.15, -0.1) is 0 Å². The van der Waals surface area contributed by atoms with Gasteiger partial charge in [-0.1, -0.05) is 25.0 Å². The van der Waals surface area contributed by atoms with Crippen LogP contribution in [0.25, 0.3) is 0 Å². The first-order valence-electron chi connectivity index (χ1n) is 8.22. The van der Waals surface area contributed by atoms with Crippen molar-refractivity contribution >= 4 is 5.91 Å². The highest BCUT2D eigenvalue weighted by Gasteiger charge is 2.32. The van der Waals surface area contributed by atoms with E-state index < -0.39 is 11.6 Å². The first-order valence-corrected chi connectivity index (χ1v) is 8.22. The number of halogens is 1. The van der Waals surface area contributed by atoms with Crippen LogP contribution in [0.15, 0.2) is 24.3 Å². The van der Waals surface area contributed by atoms with Crippen LogP contribution in [-0.2, 0) is 4.79 Å². The second kappa shape index (κ2) is 7.41. The zero-order valence-electron chi connectivity index (χ0n) is 14.3. The lowest BCUT2D eigenvalue weighted by Crippen LogP contribution is -2.41. The van der Waals surface area contributed by atoms with Crippen LogP contribution >= 0.6 is 0 Å². The molecule has 1 aliphatic carbocycles. The summed E-state index contributed by atoms with van der Waals surface area (Å²) in [5.74, 6) is -0.348. The van der Waals surface area contributed by atoms with Crippen LogP contribution < -0.4 is 0 Å². The minimum Gasteiger partial charge on any atom is -0.390 e. The molecule has 1 N–H and O–H groups in total. The SMILES string of the molecule is CN(CCC1(O)CCCC1)C(=O)C(c1ccc(F)cc1)N(C)C. The maximum atomic E-state index is 13.1. The van der Waals surface area contributed by atoms with Crippen molar-refractivity contribution in [2.45, 2.75) is 43.7 Å². The lowest BCUT2D eigenvalue weighted by atomic mass is 9.97. The summed E-state index contributed by atoms with van der Waals surface area (Å²) in [6, 6.07) is 5.60. The molecule has 1 amide bonds. The molecule has 0 aliphatic heterocycles. The molecule has 0 heterocycles. The van der Waals surface area contributed by atoms with E-state index in [1.807, 2.05) is 19.0 Å². The maximum Gasteiger partial charge on any atom is 0.244 e. The second-order valence-corrected chi connectivity index (χ2v) is 6.86. The summed E-state index contributed by atoms with van der Waals surface area (Å²) in [7, 11) is 5.44. The lowest BCUT2D eigenvalue weighted by molar-refractivity contribution is -0.135. The first kappa shape index (κ1) is 17.9. The molecule has 5 heteroatoms. The molecular weight excluding hydrogens is 295 g/mol. The predicted octanol–water partition coefficient (Wildman–Crippen LogP) is 2.58. The van der Waals surface area contributed by atoms with E-state index in [0.717, 1.165) is 31.2 Å². The quantitative estimate of drug-likeness (QED) is 0.875. The summed E-state index contributed by atoms with van der Waals surface area (Å²) in [5.41, 5.74) is 0.158. The molecule has 2 rings (SSSR count). The third kappa shape index (κ3) is 4.52. The highest BCUT2D eigenvalue weighted by molar-refractivity contribution is 5.83. The number of rotatable bonds is 6. The Morgan fingerprint density at radius 1 is 1.22 bits per heavy atom. The Balaban J connectivity index is 2.03. The Hall–Kier alpha value is -1.46. The molecule has 1 atom stereocenters. The molecule has 0 radical (unpaired) electrons. The molecule has 0 aromatic heterocycles. The van der Waals surface area contributed by atoms with Crippen LogP contribution in [0.2, 0.25) is 0 Å². The van der Waals surface area contributed by atoms with Crippen LogP contribution in [0.3, 0.4) is 0 Å². The fourth-order valence-corrected chi connectivity index (χ4v) is 3.28. The lowest BCUT2D eigenvalue weighted by Gasteiger charge is -2.31. The van der Waals surface area contributed by atoms with Crippen molar-refractivity contribution in [1.29, 1.82) is 0 Å². The summed E-state index contributed by atoms with van der Waals surface area (Å²) in [6.07, 6.45) is 4.38. The average Bonchev–Trinajstić information content (AvgIpc) is 2.94. The molecule has 1 saturated carbocycles. The molecule has 4 nitrogen and oxygen atoms in total. The summed E-state index contributed by atoms with van der Waals surface area (Å²) >= 11 is 0. The molecule has 0 spiro atoms. The van der Waals surface area contributed by atoms with E-state index in [2.05, 4.69) is 0 Å². The molecule has 23 heavy (non-hydrogen) atoms. The summed E-state index contributed by atoms with van der Waals surface area (Å²) in [4.78, 5) is 16.3. The van der Waals surface area contributed by atoms with Gasteiger partial charge in [-0.2, -0.15) is 0 Å². The third-order valence-corrected chi connectivity index (χ3v) is 4.76. The molecular formula is C18H27FN2O2. The second-order valence-electron chi connectivity index (χ2n) is 6.86. The maximum absolute atomic E-state index is 13.1. The number of benzene rings is 1. The topological polar surface area (TPSA) is 43.8 Å². The van der Waals surface area contributed by atoms with Crippen molar-refractivity contribution in [2.75, 3.05) is 27.7 Å². The smallest absolute Gasteiger partial charge is 0.244 e. The summed E-state index contributed by atoms with van der Waals surface area (Å²) in [5, 5.41) is 10.4. The fraction of sp³-hybridized carbons (Fsp3) is 0.611. The summed E-state index contributed by atoms with van der Waals surface area (Å²) < 4.78 is 13.1. The van der Waals surface area contributed by atoms with Gasteiger partial charge in [0.2, 0.25) is 5.91 Å². The number of hydrogen-bond acceptors (Lipinski definition) is 3. The van der Waals surface area contributed by atoms with Gasteiger partial charge >= 0.3 is 0 Å². The van der Waals surface area contributed by atoms with Gasteiger partial charge in [-0.05, 0) is 51.1 Å². The minimum atomic E-state index is -0.613. The van der Waals surface area contributed by atoms with E-state index in [1.165, 1.54) is 12.1 Å². The van der Waals surface area contributed by atoms with Crippen molar-refractivity contribution in [2.24, 2.45) is 0 Å². The van der Waals surface area contributed by atoms with Crippen LogP contribution in [0.4, 0.5) is 4.39 Å². The van der Waals surface area contributed by atoms with Gasteiger partial charge in [0.05, 0.1) is 5.60 Å². The van der Waals surface area contributed by atoms with E-state index >= 15 is 0 Å². The highest BCUT2D eigenvalue weighted by atomic mass is 19.1. The Kier molecular flexibility index (Phi) is 5.76. The molecule has 1 unspecified atom stereocenters. The molecule has 1 aromatic carbocycles. The van der Waals surface area contributed by atoms with Crippen molar-refractivity contribution in [1.82, 2.24) is 9.80 Å². The molecule has 0 bridgehead atoms. The summed E-state index contributed by atoms with van der Waals surface area (Å²) in [6.45, 7) is 0.529. The fourth-order valence-electron chi connectivity index (χ4n) is 3.28. The number of nitrogens with zero attached hydrogens (tertiary/aromatic N) is 2. The number of amides is 1. The van der Waals surface area contributed by atoms with E-state index in [9.17, 15) is 14.3 Å². The van der Waals surface area contributed by atoms with Gasteiger partial charge in [-0.25, -0.2) is 4.39 Å².